The Morgan fingerprint density at radius 1 is 0.405 bits per heavy atom. The Morgan fingerprint density at radius 2 is 0.730 bits per heavy atom. The first kappa shape index (κ1) is 54.7. The minimum absolute atomic E-state index is 0.0237. The van der Waals surface area contributed by atoms with Crippen LogP contribution in [0.1, 0.15) is 146 Å². The summed E-state index contributed by atoms with van der Waals surface area (Å²) in [7, 11) is 0. The zero-order valence-electron chi connectivity index (χ0n) is 43.1. The Kier molecular flexibility index (Phi) is 18.3. The molecule has 0 spiro atoms. The molecule has 0 amide bonds. The molecule has 0 bridgehead atoms. The van der Waals surface area contributed by atoms with Crippen molar-refractivity contribution in [3.8, 4) is 35.2 Å². The molecule has 0 saturated carbocycles. The molecule has 0 aliphatic carbocycles. The van der Waals surface area contributed by atoms with Gasteiger partial charge in [0.15, 0.2) is 0 Å². The maximum absolute atomic E-state index is 13.6. The van der Waals surface area contributed by atoms with Crippen molar-refractivity contribution in [3.63, 3.8) is 0 Å². The molecule has 7 aromatic rings. The second kappa shape index (κ2) is 24.8. The van der Waals surface area contributed by atoms with Crippen LogP contribution >= 0.6 is 0 Å². The van der Waals surface area contributed by atoms with Crippen LogP contribution in [0.3, 0.4) is 0 Å². The van der Waals surface area contributed by atoms with Gasteiger partial charge in [-0.3, -0.25) is 0 Å². The molecule has 0 radical (unpaired) electrons. The smallest absolute Gasteiger partial charge is 0.458 e. The quantitative estimate of drug-likeness (QED) is 0.0664. The second-order valence-electron chi connectivity index (χ2n) is 21.4. The Bertz CT molecular complexity index is 2980. The lowest BCUT2D eigenvalue weighted by Crippen LogP contribution is -2.24. The van der Waals surface area contributed by atoms with Gasteiger partial charge in [0.05, 0.1) is 13.2 Å². The summed E-state index contributed by atoms with van der Waals surface area (Å²) < 4.78 is 65.2. The van der Waals surface area contributed by atoms with E-state index in [0.717, 1.165) is 64.0 Å². The Balaban J connectivity index is 1.25. The molecular formula is C66H66F4O4. The van der Waals surface area contributed by atoms with Crippen LogP contribution in [-0.4, -0.2) is 16.4 Å². The van der Waals surface area contributed by atoms with Crippen LogP contribution in [0.5, 0.6) is 11.5 Å². The predicted octanol–water partition coefficient (Wildman–Crippen LogP) is 16.0. The average molecular weight is 999 g/mol. The molecule has 7 rings (SSSR count). The SMILES string of the molecule is CC(C)(C)C(CC(CC(CC(c1ccc(C#CC(F)(F)F)cc1)C(C)(C)C)c1ccc(COc2ccc(CO)cc2)cc1)c1ccc(COc2ccc(CO)cc2)cc1)c1ccc(C#Cc2ccc(F)cc2)cc1. The highest BCUT2D eigenvalue weighted by Gasteiger charge is 2.34. The first-order valence-electron chi connectivity index (χ1n) is 25.2. The van der Waals surface area contributed by atoms with Gasteiger partial charge < -0.3 is 19.7 Å². The molecule has 0 aliphatic heterocycles. The third-order valence-electron chi connectivity index (χ3n) is 13.8. The van der Waals surface area contributed by atoms with Crippen LogP contribution in [0, 0.1) is 40.3 Å². The van der Waals surface area contributed by atoms with Crippen LogP contribution in [0.15, 0.2) is 170 Å². The van der Waals surface area contributed by atoms with Gasteiger partial charge in [0.25, 0.3) is 0 Å². The van der Waals surface area contributed by atoms with Crippen molar-refractivity contribution in [2.45, 2.75) is 117 Å². The maximum atomic E-state index is 13.6. The summed E-state index contributed by atoms with van der Waals surface area (Å²) in [6, 6.07) is 54.3. The Hall–Kier alpha value is -7.10. The molecule has 0 aliphatic rings. The second-order valence-corrected chi connectivity index (χ2v) is 21.4. The van der Waals surface area contributed by atoms with Crippen LogP contribution in [-0.2, 0) is 26.4 Å². The van der Waals surface area contributed by atoms with Crippen LogP contribution < -0.4 is 9.47 Å². The highest BCUT2D eigenvalue weighted by atomic mass is 19.4. The van der Waals surface area contributed by atoms with E-state index in [1.807, 2.05) is 60.7 Å². The zero-order chi connectivity index (χ0) is 52.9. The largest absolute Gasteiger partial charge is 0.489 e. The van der Waals surface area contributed by atoms with Gasteiger partial charge in [0, 0.05) is 22.6 Å². The van der Waals surface area contributed by atoms with Gasteiger partial charge in [-0.2, -0.15) is 13.2 Å². The Labute approximate surface area is 435 Å². The molecule has 0 aromatic heterocycles. The van der Waals surface area contributed by atoms with E-state index >= 15 is 0 Å². The van der Waals surface area contributed by atoms with E-state index < -0.39 is 6.18 Å². The van der Waals surface area contributed by atoms with E-state index in [4.69, 9.17) is 9.47 Å². The van der Waals surface area contributed by atoms with Crippen LogP contribution in [0.4, 0.5) is 17.6 Å². The summed E-state index contributed by atoms with van der Waals surface area (Å²) in [6.07, 6.45) is -2.18. The van der Waals surface area contributed by atoms with Gasteiger partial charge in [-0.25, -0.2) is 4.39 Å². The van der Waals surface area contributed by atoms with E-state index in [-0.39, 0.29) is 53.5 Å². The fourth-order valence-corrected chi connectivity index (χ4v) is 9.53. The van der Waals surface area contributed by atoms with Crippen molar-refractivity contribution in [1.29, 1.82) is 0 Å². The number of benzene rings is 7. The van der Waals surface area contributed by atoms with Gasteiger partial charge in [-0.15, -0.1) is 0 Å². The summed E-state index contributed by atoms with van der Waals surface area (Å²) in [4.78, 5) is 0. The summed E-state index contributed by atoms with van der Waals surface area (Å²) in [5.41, 5.74) is 9.87. The van der Waals surface area contributed by atoms with Gasteiger partial charge in [-0.05, 0) is 171 Å². The van der Waals surface area contributed by atoms with Gasteiger partial charge in [-0.1, -0.05) is 156 Å². The molecule has 0 fully saturated rings. The maximum Gasteiger partial charge on any atom is 0.458 e. The number of alkyl halides is 3. The summed E-state index contributed by atoms with van der Waals surface area (Å²) in [5.74, 6) is 11.5. The number of halogens is 4. The summed E-state index contributed by atoms with van der Waals surface area (Å²) in [6.45, 7) is 14.2. The number of hydrogen-bond donors (Lipinski definition) is 2. The third-order valence-corrected chi connectivity index (χ3v) is 13.8. The van der Waals surface area contributed by atoms with Crippen molar-refractivity contribution in [2.24, 2.45) is 10.8 Å². The molecule has 0 heterocycles. The van der Waals surface area contributed by atoms with Gasteiger partial charge in [0.2, 0.25) is 0 Å². The highest BCUT2D eigenvalue weighted by molar-refractivity contribution is 5.45. The van der Waals surface area contributed by atoms with Gasteiger partial charge in [0.1, 0.15) is 30.5 Å². The molecule has 7 aromatic carbocycles. The van der Waals surface area contributed by atoms with Gasteiger partial charge >= 0.3 is 6.18 Å². The Morgan fingerprint density at radius 3 is 1.07 bits per heavy atom. The molecule has 382 valence electrons. The standard InChI is InChI=1S/C66H66F4O4/c1-64(2,3)62(55-27-9-46(10-28-55)7-8-47-17-31-59(67)32-18-47)40-57(53-23-13-51(14-24-53)44-73-60-33-19-49(42-71)20-34-60)39-58(54-25-15-52(16-26-54)45-74-61-35-21-50(43-72)22-36-61)41-63(65(4,5)6)56-29-11-48(12-30-56)37-38-66(68,69)70/h9-36,57-58,62-63,71-72H,39-45H2,1-6H3. The lowest BCUT2D eigenvalue weighted by Gasteiger charge is -2.38. The fourth-order valence-electron chi connectivity index (χ4n) is 9.53. The van der Waals surface area contributed by atoms with Crippen LogP contribution in [0.2, 0.25) is 0 Å². The molecular weight excluding hydrogens is 933 g/mol. The lowest BCUT2D eigenvalue weighted by molar-refractivity contribution is -0.0696. The molecule has 4 unspecified atom stereocenters. The van der Waals surface area contributed by atoms with E-state index in [0.29, 0.717) is 24.5 Å². The van der Waals surface area contributed by atoms with Crippen molar-refractivity contribution in [2.75, 3.05) is 0 Å². The van der Waals surface area contributed by atoms with Crippen molar-refractivity contribution in [3.05, 3.63) is 237 Å². The van der Waals surface area contributed by atoms with E-state index in [9.17, 15) is 27.8 Å². The molecule has 0 saturated heterocycles. The average Bonchev–Trinajstić information content (AvgIpc) is 3.39. The molecule has 2 N–H and O–H groups in total. The first-order chi connectivity index (χ1) is 35.3. The molecule has 4 atom stereocenters. The molecule has 8 heteroatoms. The fraction of sp³-hybridized carbons (Fsp3) is 0.303. The lowest BCUT2D eigenvalue weighted by atomic mass is 9.66. The molecule has 4 nitrogen and oxygen atoms in total. The van der Waals surface area contributed by atoms with E-state index in [2.05, 4.69) is 132 Å². The normalized spacial score (nSPS) is 13.4. The van der Waals surface area contributed by atoms with Crippen molar-refractivity contribution < 1.29 is 37.2 Å². The molecule has 74 heavy (non-hydrogen) atoms. The number of aliphatic hydroxyl groups excluding tert-OH is 2. The van der Waals surface area contributed by atoms with Crippen LogP contribution in [0.25, 0.3) is 0 Å². The highest BCUT2D eigenvalue weighted by Crippen LogP contribution is 2.49. The minimum atomic E-state index is -4.58. The number of rotatable bonds is 18. The van der Waals surface area contributed by atoms with E-state index in [1.165, 1.54) is 34.7 Å². The monoisotopic (exact) mass is 998 g/mol. The van der Waals surface area contributed by atoms with E-state index in [1.54, 1.807) is 24.3 Å². The topological polar surface area (TPSA) is 58.9 Å². The minimum Gasteiger partial charge on any atom is -0.489 e. The predicted molar refractivity (Wildman–Crippen MR) is 288 cm³/mol. The van der Waals surface area contributed by atoms with Crippen molar-refractivity contribution in [1.82, 2.24) is 0 Å². The zero-order valence-corrected chi connectivity index (χ0v) is 43.1. The summed E-state index contributed by atoms with van der Waals surface area (Å²) >= 11 is 0. The van der Waals surface area contributed by atoms with Crippen molar-refractivity contribution >= 4 is 0 Å². The number of aliphatic hydroxyl groups is 2. The number of hydrogen-bond acceptors (Lipinski definition) is 4. The summed E-state index contributed by atoms with van der Waals surface area (Å²) in [5, 5.41) is 19.0. The number of ether oxygens (including phenoxy) is 2. The first-order valence-corrected chi connectivity index (χ1v) is 25.2. The third kappa shape index (κ3) is 16.2.